The van der Waals surface area contributed by atoms with Crippen LogP contribution in [-0.4, -0.2) is 11.0 Å². The first kappa shape index (κ1) is 10.3. The molecule has 0 atom stereocenters. The van der Waals surface area contributed by atoms with Gasteiger partial charge in [0.2, 0.25) is 0 Å². The zero-order valence-corrected chi connectivity index (χ0v) is 9.46. The highest BCUT2D eigenvalue weighted by Crippen LogP contribution is 2.27. The number of pyridine rings is 1. The second-order valence-electron chi connectivity index (χ2n) is 4.76. The van der Waals surface area contributed by atoms with E-state index in [0.717, 1.165) is 23.6 Å². The lowest BCUT2D eigenvalue weighted by atomic mass is 10.1. The summed E-state index contributed by atoms with van der Waals surface area (Å²) in [6.07, 6.45) is 3.50. The van der Waals surface area contributed by atoms with Crippen LogP contribution in [0.3, 0.4) is 0 Å². The number of rotatable bonds is 4. The van der Waals surface area contributed by atoms with Crippen LogP contribution in [0, 0.1) is 5.92 Å². The van der Waals surface area contributed by atoms with Crippen LogP contribution < -0.4 is 11.1 Å². The van der Waals surface area contributed by atoms with Gasteiger partial charge in [0, 0.05) is 11.7 Å². The van der Waals surface area contributed by atoms with E-state index >= 15 is 0 Å². The molecule has 1 aromatic heterocycles. The van der Waals surface area contributed by atoms with Crippen LogP contribution in [0.2, 0.25) is 0 Å². The van der Waals surface area contributed by atoms with Gasteiger partial charge in [-0.1, -0.05) is 13.8 Å². The predicted octanol–water partition coefficient (Wildman–Crippen LogP) is 2.44. The molecule has 82 valence electrons. The van der Waals surface area contributed by atoms with E-state index in [-0.39, 0.29) is 0 Å². The molecule has 0 spiro atoms. The molecule has 3 N–H and O–H groups in total. The third-order valence-corrected chi connectivity index (χ3v) is 2.52. The monoisotopic (exact) mass is 205 g/mol. The van der Waals surface area contributed by atoms with Gasteiger partial charge >= 0.3 is 0 Å². The average molecular weight is 205 g/mol. The molecule has 3 heteroatoms. The zero-order valence-electron chi connectivity index (χ0n) is 9.46. The first-order valence-corrected chi connectivity index (χ1v) is 5.67. The minimum absolute atomic E-state index is 0.606. The molecule has 1 heterocycles. The van der Waals surface area contributed by atoms with Gasteiger partial charge in [-0.15, -0.1) is 0 Å². The van der Waals surface area contributed by atoms with Gasteiger partial charge < -0.3 is 11.1 Å². The maximum Gasteiger partial charge on any atom is 0.149 e. The van der Waals surface area contributed by atoms with Crippen molar-refractivity contribution in [3.8, 4) is 0 Å². The Morgan fingerprint density at radius 1 is 1.47 bits per heavy atom. The summed E-state index contributed by atoms with van der Waals surface area (Å²) in [6.45, 7) is 4.40. The normalized spacial score (nSPS) is 15.7. The smallest absolute Gasteiger partial charge is 0.149 e. The van der Waals surface area contributed by atoms with Gasteiger partial charge in [0.05, 0.1) is 5.69 Å². The van der Waals surface area contributed by atoms with Crippen LogP contribution in [0.25, 0.3) is 0 Å². The van der Waals surface area contributed by atoms with E-state index in [1.54, 1.807) is 0 Å². The highest BCUT2D eigenvalue weighted by molar-refractivity contribution is 5.62. The number of nitrogen functional groups attached to an aromatic ring is 1. The molecule has 0 saturated heterocycles. The third kappa shape index (κ3) is 2.85. The topological polar surface area (TPSA) is 50.9 Å². The van der Waals surface area contributed by atoms with Gasteiger partial charge in [-0.3, -0.25) is 0 Å². The Hall–Kier alpha value is -1.25. The highest BCUT2D eigenvalue weighted by Gasteiger charge is 2.22. The van der Waals surface area contributed by atoms with Gasteiger partial charge in [0.25, 0.3) is 0 Å². The predicted molar refractivity (Wildman–Crippen MR) is 63.8 cm³/mol. The number of hydrogen-bond donors (Lipinski definition) is 2. The van der Waals surface area contributed by atoms with Gasteiger partial charge in [0.1, 0.15) is 5.82 Å². The van der Waals surface area contributed by atoms with Crippen molar-refractivity contribution in [1.29, 1.82) is 0 Å². The van der Waals surface area contributed by atoms with Crippen LogP contribution in [0.5, 0.6) is 0 Å². The van der Waals surface area contributed by atoms with E-state index in [0.29, 0.717) is 12.0 Å². The lowest BCUT2D eigenvalue weighted by Crippen LogP contribution is -2.08. The van der Waals surface area contributed by atoms with Crippen molar-refractivity contribution in [3.63, 3.8) is 0 Å². The molecule has 0 bridgehead atoms. The number of anilines is 2. The Labute approximate surface area is 91.1 Å². The zero-order chi connectivity index (χ0) is 10.8. The van der Waals surface area contributed by atoms with E-state index in [9.17, 15) is 0 Å². The number of hydrogen-bond acceptors (Lipinski definition) is 3. The second kappa shape index (κ2) is 4.09. The fourth-order valence-corrected chi connectivity index (χ4v) is 1.58. The molecule has 1 saturated carbocycles. The molecule has 0 aliphatic heterocycles. The standard InChI is InChI=1S/C12H19N3/c1-8(2)7-10-5-6-11(13)12(15-10)14-9-3-4-9/h5-6,8-9H,3-4,7,13H2,1-2H3,(H,14,15). The maximum atomic E-state index is 5.87. The Balaban J connectivity index is 2.12. The maximum absolute atomic E-state index is 5.87. The van der Waals surface area contributed by atoms with Crippen molar-refractivity contribution in [2.24, 2.45) is 5.92 Å². The summed E-state index contributed by atoms with van der Waals surface area (Å²) in [7, 11) is 0. The van der Waals surface area contributed by atoms with E-state index in [1.807, 2.05) is 12.1 Å². The molecule has 3 nitrogen and oxygen atoms in total. The summed E-state index contributed by atoms with van der Waals surface area (Å²) in [4.78, 5) is 4.56. The average Bonchev–Trinajstić information content (AvgIpc) is 2.94. The molecule has 0 radical (unpaired) electrons. The Kier molecular flexibility index (Phi) is 2.80. The van der Waals surface area contributed by atoms with Crippen LogP contribution in [-0.2, 0) is 6.42 Å². The molecular weight excluding hydrogens is 186 g/mol. The fraction of sp³-hybridized carbons (Fsp3) is 0.583. The lowest BCUT2D eigenvalue weighted by Gasteiger charge is -2.10. The van der Waals surface area contributed by atoms with E-state index in [2.05, 4.69) is 24.1 Å². The lowest BCUT2D eigenvalue weighted by molar-refractivity contribution is 0.636. The molecule has 1 aliphatic rings. The van der Waals surface area contributed by atoms with Crippen LogP contribution >= 0.6 is 0 Å². The van der Waals surface area contributed by atoms with E-state index in [1.165, 1.54) is 12.8 Å². The molecule has 1 fully saturated rings. The highest BCUT2D eigenvalue weighted by atomic mass is 15.1. The van der Waals surface area contributed by atoms with Crippen LogP contribution in [0.15, 0.2) is 12.1 Å². The summed E-state index contributed by atoms with van der Waals surface area (Å²) in [5, 5.41) is 3.36. The summed E-state index contributed by atoms with van der Waals surface area (Å²) < 4.78 is 0. The van der Waals surface area contributed by atoms with E-state index < -0.39 is 0 Å². The minimum Gasteiger partial charge on any atom is -0.396 e. The first-order chi connectivity index (χ1) is 7.15. The summed E-state index contributed by atoms with van der Waals surface area (Å²) in [6, 6.07) is 4.58. The van der Waals surface area contributed by atoms with Crippen molar-refractivity contribution in [2.45, 2.75) is 39.2 Å². The molecule has 1 aliphatic carbocycles. The summed E-state index contributed by atoms with van der Waals surface area (Å²) >= 11 is 0. The number of nitrogens with two attached hydrogens (primary N) is 1. The number of nitrogens with zero attached hydrogens (tertiary/aromatic N) is 1. The van der Waals surface area contributed by atoms with Crippen LogP contribution in [0.4, 0.5) is 11.5 Å². The van der Waals surface area contributed by atoms with Crippen molar-refractivity contribution >= 4 is 11.5 Å². The summed E-state index contributed by atoms with van der Waals surface area (Å²) in [5.74, 6) is 1.51. The molecule has 0 amide bonds. The van der Waals surface area contributed by atoms with Crippen molar-refractivity contribution in [3.05, 3.63) is 17.8 Å². The fourth-order valence-electron chi connectivity index (χ4n) is 1.58. The van der Waals surface area contributed by atoms with Crippen molar-refractivity contribution in [2.75, 3.05) is 11.1 Å². The largest absolute Gasteiger partial charge is 0.396 e. The van der Waals surface area contributed by atoms with Gasteiger partial charge in [-0.05, 0) is 37.3 Å². The molecule has 2 rings (SSSR count). The summed E-state index contributed by atoms with van der Waals surface area (Å²) in [5.41, 5.74) is 7.76. The SMILES string of the molecule is CC(C)Cc1ccc(N)c(NC2CC2)n1. The quantitative estimate of drug-likeness (QED) is 0.793. The van der Waals surface area contributed by atoms with Crippen molar-refractivity contribution in [1.82, 2.24) is 4.98 Å². The number of aromatic nitrogens is 1. The van der Waals surface area contributed by atoms with Crippen LogP contribution in [0.1, 0.15) is 32.4 Å². The second-order valence-corrected chi connectivity index (χ2v) is 4.76. The molecule has 0 unspecified atom stereocenters. The molecule has 0 aromatic carbocycles. The Morgan fingerprint density at radius 3 is 2.80 bits per heavy atom. The first-order valence-electron chi connectivity index (χ1n) is 5.67. The van der Waals surface area contributed by atoms with Gasteiger partial charge in [-0.25, -0.2) is 4.98 Å². The number of nitrogens with one attached hydrogen (secondary N) is 1. The van der Waals surface area contributed by atoms with Gasteiger partial charge in [-0.2, -0.15) is 0 Å². The molecule has 1 aromatic rings. The minimum atomic E-state index is 0.606. The van der Waals surface area contributed by atoms with Crippen molar-refractivity contribution < 1.29 is 0 Å². The Bertz CT molecular complexity index is 343. The molecule has 15 heavy (non-hydrogen) atoms. The van der Waals surface area contributed by atoms with Gasteiger partial charge in [0.15, 0.2) is 0 Å². The third-order valence-electron chi connectivity index (χ3n) is 2.52. The molecular formula is C12H19N3. The van der Waals surface area contributed by atoms with E-state index in [4.69, 9.17) is 5.73 Å². The Morgan fingerprint density at radius 2 is 2.20 bits per heavy atom.